The molecule has 0 atom stereocenters. The van der Waals surface area contributed by atoms with Gasteiger partial charge in [0.05, 0.1) is 6.61 Å². The first kappa shape index (κ1) is 14.0. The minimum absolute atomic E-state index is 0.133. The van der Waals surface area contributed by atoms with E-state index in [1.165, 1.54) is 0 Å². The summed E-state index contributed by atoms with van der Waals surface area (Å²) in [6, 6.07) is 1.56. The summed E-state index contributed by atoms with van der Waals surface area (Å²) < 4.78 is 4.60. The highest BCUT2D eigenvalue weighted by Gasteiger charge is 2.16. The van der Waals surface area contributed by atoms with Crippen LogP contribution in [0.3, 0.4) is 0 Å². The Morgan fingerprint density at radius 1 is 1.56 bits per heavy atom. The maximum atomic E-state index is 11.2. The van der Waals surface area contributed by atoms with Crippen LogP contribution >= 0.6 is 0 Å². The fourth-order valence-electron chi connectivity index (χ4n) is 0.699. The van der Waals surface area contributed by atoms with Gasteiger partial charge in [-0.1, -0.05) is 0 Å². The SMILES string of the molecule is CCOC(=O)/C(C#N)=C(/O)N=C(C)N(C)C. The third kappa shape index (κ3) is 4.00. The summed E-state index contributed by atoms with van der Waals surface area (Å²) in [7, 11) is 3.45. The third-order valence-corrected chi connectivity index (χ3v) is 1.73. The average molecular weight is 225 g/mol. The standard InChI is InChI=1S/C10H15N3O3/c1-5-16-10(15)8(6-11)9(14)12-7(2)13(3)4/h14H,5H2,1-4H3/b9-8+,12-7?. The summed E-state index contributed by atoms with van der Waals surface area (Å²) in [4.78, 5) is 16.6. The number of aliphatic hydroxyl groups excluding tert-OH is 1. The monoisotopic (exact) mass is 225 g/mol. The van der Waals surface area contributed by atoms with Crippen molar-refractivity contribution in [1.82, 2.24) is 4.90 Å². The number of esters is 1. The summed E-state index contributed by atoms with van der Waals surface area (Å²) in [5.74, 6) is -1.04. The van der Waals surface area contributed by atoms with Gasteiger partial charge < -0.3 is 14.7 Å². The van der Waals surface area contributed by atoms with E-state index >= 15 is 0 Å². The zero-order valence-corrected chi connectivity index (χ0v) is 9.81. The number of aliphatic imine (C=N–C) groups is 1. The van der Waals surface area contributed by atoms with Crippen LogP contribution in [0.25, 0.3) is 0 Å². The topological polar surface area (TPSA) is 85.9 Å². The number of aliphatic hydroxyl groups is 1. The van der Waals surface area contributed by atoms with Crippen LogP contribution in [0.4, 0.5) is 0 Å². The number of hydrogen-bond donors (Lipinski definition) is 1. The van der Waals surface area contributed by atoms with E-state index in [2.05, 4.69) is 9.73 Å². The molecule has 88 valence electrons. The molecule has 0 amide bonds. The molecule has 0 heterocycles. The van der Waals surface area contributed by atoms with Gasteiger partial charge in [0.25, 0.3) is 0 Å². The summed E-state index contributed by atoms with van der Waals surface area (Å²) in [5.41, 5.74) is -0.497. The van der Waals surface area contributed by atoms with Gasteiger partial charge in [0.1, 0.15) is 11.9 Å². The smallest absolute Gasteiger partial charge is 0.354 e. The molecule has 0 aliphatic carbocycles. The Morgan fingerprint density at radius 2 is 2.12 bits per heavy atom. The number of nitriles is 1. The van der Waals surface area contributed by atoms with E-state index in [0.717, 1.165) is 0 Å². The average Bonchev–Trinajstić information content (AvgIpc) is 2.18. The van der Waals surface area contributed by atoms with Crippen LogP contribution in [0.5, 0.6) is 0 Å². The minimum atomic E-state index is -0.877. The first-order valence-corrected chi connectivity index (χ1v) is 4.67. The molecule has 0 aliphatic heterocycles. The predicted octanol–water partition coefficient (Wildman–Crippen LogP) is 0.823. The molecule has 0 spiro atoms. The molecule has 0 aromatic rings. The Labute approximate surface area is 94.5 Å². The fraction of sp³-hybridized carbons (Fsp3) is 0.500. The Balaban J connectivity index is 5.12. The maximum Gasteiger partial charge on any atom is 0.354 e. The lowest BCUT2D eigenvalue weighted by molar-refractivity contribution is -0.138. The van der Waals surface area contributed by atoms with Crippen molar-refractivity contribution in [2.45, 2.75) is 13.8 Å². The second kappa shape index (κ2) is 6.45. The molecule has 0 aliphatic rings. The quantitative estimate of drug-likeness (QED) is 0.192. The van der Waals surface area contributed by atoms with Crippen LogP contribution in [0.2, 0.25) is 0 Å². The normalized spacial score (nSPS) is 12.6. The van der Waals surface area contributed by atoms with E-state index in [9.17, 15) is 9.90 Å². The fourth-order valence-corrected chi connectivity index (χ4v) is 0.699. The van der Waals surface area contributed by atoms with E-state index < -0.39 is 17.4 Å². The van der Waals surface area contributed by atoms with Gasteiger partial charge in [-0.3, -0.25) is 0 Å². The summed E-state index contributed by atoms with van der Waals surface area (Å²) in [5, 5.41) is 18.2. The van der Waals surface area contributed by atoms with Crippen LogP contribution in [0, 0.1) is 11.3 Å². The van der Waals surface area contributed by atoms with Crippen LogP contribution in [-0.4, -0.2) is 42.5 Å². The van der Waals surface area contributed by atoms with E-state index in [1.54, 1.807) is 38.9 Å². The van der Waals surface area contributed by atoms with E-state index in [0.29, 0.717) is 5.84 Å². The number of nitrogens with zero attached hydrogens (tertiary/aromatic N) is 3. The molecule has 0 aromatic heterocycles. The number of amidine groups is 1. The van der Waals surface area contributed by atoms with Crippen molar-refractivity contribution in [1.29, 1.82) is 5.26 Å². The molecule has 0 unspecified atom stereocenters. The molecule has 0 saturated heterocycles. The summed E-state index contributed by atoms with van der Waals surface area (Å²) in [6.45, 7) is 3.38. The first-order valence-electron chi connectivity index (χ1n) is 4.67. The third-order valence-electron chi connectivity index (χ3n) is 1.73. The van der Waals surface area contributed by atoms with Crippen LogP contribution in [0.1, 0.15) is 13.8 Å². The second-order valence-electron chi connectivity index (χ2n) is 3.08. The lowest BCUT2D eigenvalue weighted by Gasteiger charge is -2.10. The Hall–Kier alpha value is -2.03. The highest BCUT2D eigenvalue weighted by Crippen LogP contribution is 2.05. The van der Waals surface area contributed by atoms with Gasteiger partial charge in [-0.05, 0) is 13.8 Å². The van der Waals surface area contributed by atoms with Crippen LogP contribution in [-0.2, 0) is 9.53 Å². The van der Waals surface area contributed by atoms with Crippen molar-refractivity contribution < 1.29 is 14.6 Å². The molecule has 16 heavy (non-hydrogen) atoms. The van der Waals surface area contributed by atoms with Crippen molar-refractivity contribution in [3.63, 3.8) is 0 Å². The molecule has 0 aromatic carbocycles. The molecule has 0 radical (unpaired) electrons. The molecular formula is C10H15N3O3. The maximum absolute atomic E-state index is 11.2. The van der Waals surface area contributed by atoms with E-state index in [1.807, 2.05) is 0 Å². The van der Waals surface area contributed by atoms with Gasteiger partial charge in [0, 0.05) is 14.1 Å². The van der Waals surface area contributed by atoms with Gasteiger partial charge in [0.15, 0.2) is 5.57 Å². The lowest BCUT2D eigenvalue weighted by Crippen LogP contribution is -2.19. The number of hydrogen-bond acceptors (Lipinski definition) is 5. The first-order chi connectivity index (χ1) is 7.43. The van der Waals surface area contributed by atoms with Crippen LogP contribution < -0.4 is 0 Å². The molecule has 0 saturated carbocycles. The minimum Gasteiger partial charge on any atom is -0.492 e. The van der Waals surface area contributed by atoms with Crippen molar-refractivity contribution in [3.05, 3.63) is 11.5 Å². The van der Waals surface area contributed by atoms with Gasteiger partial charge in [-0.25, -0.2) is 4.79 Å². The lowest BCUT2D eigenvalue weighted by atomic mass is 10.3. The van der Waals surface area contributed by atoms with Crippen molar-refractivity contribution >= 4 is 11.8 Å². The second-order valence-corrected chi connectivity index (χ2v) is 3.08. The van der Waals surface area contributed by atoms with Gasteiger partial charge >= 0.3 is 5.97 Å². The number of ether oxygens (including phenoxy) is 1. The molecule has 0 fully saturated rings. The predicted molar refractivity (Wildman–Crippen MR) is 58.7 cm³/mol. The zero-order valence-electron chi connectivity index (χ0n) is 9.81. The summed E-state index contributed by atoms with van der Waals surface area (Å²) >= 11 is 0. The summed E-state index contributed by atoms with van der Waals surface area (Å²) in [6.07, 6.45) is 0. The highest BCUT2D eigenvalue weighted by molar-refractivity contribution is 5.93. The number of carbonyl (C=O) groups excluding carboxylic acids is 1. The van der Waals surface area contributed by atoms with Gasteiger partial charge in [-0.2, -0.15) is 10.3 Å². The Kier molecular flexibility index (Phi) is 5.63. The molecular weight excluding hydrogens is 210 g/mol. The van der Waals surface area contributed by atoms with Crippen LogP contribution in [0.15, 0.2) is 16.4 Å². The molecule has 6 nitrogen and oxygen atoms in total. The van der Waals surface area contributed by atoms with Gasteiger partial charge in [-0.15, -0.1) is 0 Å². The Bertz CT molecular complexity index is 364. The molecule has 0 bridgehead atoms. The zero-order chi connectivity index (χ0) is 12.7. The Morgan fingerprint density at radius 3 is 2.50 bits per heavy atom. The number of carbonyl (C=O) groups is 1. The van der Waals surface area contributed by atoms with E-state index in [-0.39, 0.29) is 6.61 Å². The van der Waals surface area contributed by atoms with E-state index in [4.69, 9.17) is 5.26 Å². The highest BCUT2D eigenvalue weighted by atomic mass is 16.5. The largest absolute Gasteiger partial charge is 0.492 e. The van der Waals surface area contributed by atoms with Gasteiger partial charge in [0.2, 0.25) is 5.88 Å². The van der Waals surface area contributed by atoms with Crippen molar-refractivity contribution in [2.24, 2.45) is 4.99 Å². The molecule has 1 N–H and O–H groups in total. The van der Waals surface area contributed by atoms with Crippen molar-refractivity contribution in [3.8, 4) is 6.07 Å². The van der Waals surface area contributed by atoms with Crippen molar-refractivity contribution in [2.75, 3.05) is 20.7 Å². The molecule has 6 heteroatoms. The molecule has 0 rings (SSSR count). The number of rotatable bonds is 3.